The largest absolute Gasteiger partial charge is 0.336 e. The maximum atomic E-state index is 12.5. The van der Waals surface area contributed by atoms with Gasteiger partial charge in [-0.05, 0) is 11.1 Å². The number of hydrogen-bond donors (Lipinski definition) is 2. The average molecular weight is 356 g/mol. The van der Waals surface area contributed by atoms with Crippen LogP contribution in [0.25, 0.3) is 0 Å². The summed E-state index contributed by atoms with van der Waals surface area (Å²) in [5.74, 6) is 0. The van der Waals surface area contributed by atoms with Gasteiger partial charge in [0.15, 0.2) is 0 Å². The predicted molar refractivity (Wildman–Crippen MR) is 96.7 cm³/mol. The van der Waals surface area contributed by atoms with E-state index in [1.165, 1.54) is 0 Å². The second-order valence-corrected chi connectivity index (χ2v) is 7.18. The standard InChI is InChI=1S/C18H20N4O2S/c23-25(24,20-13-16-7-3-1-4-8-16)21-18(14-22-12-11-19-15-22)17-9-5-2-6-10-17/h1-12,15,18,20-21H,13-14H2/t18-/m0/s1. The molecule has 0 amide bonds. The molecule has 0 radical (unpaired) electrons. The Balaban J connectivity index is 1.72. The molecule has 3 rings (SSSR count). The zero-order valence-corrected chi connectivity index (χ0v) is 14.4. The van der Waals surface area contributed by atoms with Crippen molar-refractivity contribution in [3.05, 3.63) is 90.5 Å². The first-order valence-corrected chi connectivity index (χ1v) is 9.42. The van der Waals surface area contributed by atoms with Gasteiger partial charge < -0.3 is 4.57 Å². The number of imidazole rings is 1. The van der Waals surface area contributed by atoms with Crippen molar-refractivity contribution in [3.8, 4) is 0 Å². The highest BCUT2D eigenvalue weighted by atomic mass is 32.2. The molecule has 0 saturated heterocycles. The first kappa shape index (κ1) is 17.3. The minimum atomic E-state index is -3.66. The number of aromatic nitrogens is 2. The molecule has 1 atom stereocenters. The molecule has 1 aromatic heterocycles. The molecule has 130 valence electrons. The highest BCUT2D eigenvalue weighted by Gasteiger charge is 2.19. The van der Waals surface area contributed by atoms with Crippen LogP contribution >= 0.6 is 0 Å². The summed E-state index contributed by atoms with van der Waals surface area (Å²) < 4.78 is 32.1. The van der Waals surface area contributed by atoms with Gasteiger partial charge in [0.1, 0.15) is 0 Å². The third-order valence-electron chi connectivity index (χ3n) is 3.76. The number of benzene rings is 2. The van der Waals surface area contributed by atoms with Gasteiger partial charge in [0.2, 0.25) is 0 Å². The number of nitrogens with zero attached hydrogens (tertiary/aromatic N) is 2. The quantitative estimate of drug-likeness (QED) is 0.650. The van der Waals surface area contributed by atoms with Crippen molar-refractivity contribution >= 4 is 10.2 Å². The van der Waals surface area contributed by atoms with Crippen molar-refractivity contribution in [3.63, 3.8) is 0 Å². The molecule has 3 aromatic rings. The highest BCUT2D eigenvalue weighted by molar-refractivity contribution is 7.87. The van der Waals surface area contributed by atoms with Gasteiger partial charge in [0.25, 0.3) is 10.2 Å². The van der Waals surface area contributed by atoms with E-state index >= 15 is 0 Å². The normalized spacial score (nSPS) is 12.8. The molecule has 1 heterocycles. The molecule has 7 heteroatoms. The lowest BCUT2D eigenvalue weighted by atomic mass is 10.1. The smallest absolute Gasteiger partial charge is 0.277 e. The number of rotatable bonds is 8. The fourth-order valence-electron chi connectivity index (χ4n) is 2.50. The van der Waals surface area contributed by atoms with E-state index in [0.717, 1.165) is 11.1 Å². The van der Waals surface area contributed by atoms with Crippen LogP contribution in [0, 0.1) is 0 Å². The molecule has 0 aliphatic heterocycles. The van der Waals surface area contributed by atoms with E-state index < -0.39 is 16.3 Å². The second kappa shape index (κ2) is 8.06. The molecule has 0 bridgehead atoms. The van der Waals surface area contributed by atoms with E-state index in [1.807, 2.05) is 71.4 Å². The van der Waals surface area contributed by atoms with E-state index in [1.54, 1.807) is 12.5 Å². The van der Waals surface area contributed by atoms with Crippen LogP contribution in [0.3, 0.4) is 0 Å². The summed E-state index contributed by atoms with van der Waals surface area (Å²) in [7, 11) is -3.66. The third-order valence-corrected chi connectivity index (χ3v) is 4.88. The van der Waals surface area contributed by atoms with E-state index in [2.05, 4.69) is 14.4 Å². The van der Waals surface area contributed by atoms with Gasteiger partial charge in [-0.1, -0.05) is 60.7 Å². The lowest BCUT2D eigenvalue weighted by Gasteiger charge is -2.20. The molecule has 25 heavy (non-hydrogen) atoms. The zero-order valence-electron chi connectivity index (χ0n) is 13.6. The van der Waals surface area contributed by atoms with Gasteiger partial charge in [-0.2, -0.15) is 17.9 Å². The molecular weight excluding hydrogens is 336 g/mol. The molecule has 0 aliphatic carbocycles. The Bertz CT molecular complexity index is 866. The SMILES string of the molecule is O=S(=O)(NCc1ccccc1)N[C@@H](Cn1ccnc1)c1ccccc1. The van der Waals surface area contributed by atoms with Gasteiger partial charge in [-0.15, -0.1) is 0 Å². The zero-order chi connectivity index (χ0) is 17.5. The number of nitrogens with one attached hydrogen (secondary N) is 2. The topological polar surface area (TPSA) is 76.0 Å². The maximum Gasteiger partial charge on any atom is 0.277 e. The molecule has 2 aromatic carbocycles. The Morgan fingerprint density at radius 2 is 1.68 bits per heavy atom. The Hall–Kier alpha value is -2.48. The summed E-state index contributed by atoms with van der Waals surface area (Å²) in [6, 6.07) is 18.5. The molecule has 6 nitrogen and oxygen atoms in total. The number of hydrogen-bond acceptors (Lipinski definition) is 3. The Labute approximate surface area is 147 Å². The van der Waals surface area contributed by atoms with Crippen molar-refractivity contribution in [2.45, 2.75) is 19.1 Å². The van der Waals surface area contributed by atoms with Gasteiger partial charge in [0, 0.05) is 25.5 Å². The van der Waals surface area contributed by atoms with Gasteiger partial charge in [0.05, 0.1) is 12.4 Å². The van der Waals surface area contributed by atoms with Crippen LogP contribution < -0.4 is 9.44 Å². The average Bonchev–Trinajstić information content (AvgIpc) is 3.14. The monoisotopic (exact) mass is 356 g/mol. The van der Waals surface area contributed by atoms with Crippen molar-refractivity contribution in [1.29, 1.82) is 0 Å². The first-order chi connectivity index (χ1) is 12.1. The fraction of sp³-hybridized carbons (Fsp3) is 0.167. The van der Waals surface area contributed by atoms with Gasteiger partial charge in [-0.25, -0.2) is 4.98 Å². The second-order valence-electron chi connectivity index (χ2n) is 5.65. The minimum Gasteiger partial charge on any atom is -0.336 e. The van der Waals surface area contributed by atoms with E-state index in [0.29, 0.717) is 6.54 Å². The van der Waals surface area contributed by atoms with Crippen LogP contribution in [0.5, 0.6) is 0 Å². The Kier molecular flexibility index (Phi) is 5.60. The predicted octanol–water partition coefficient (Wildman–Crippen LogP) is 2.25. The summed E-state index contributed by atoms with van der Waals surface area (Å²) >= 11 is 0. The van der Waals surface area contributed by atoms with Crippen LogP contribution in [0.1, 0.15) is 17.2 Å². The van der Waals surface area contributed by atoms with E-state index in [-0.39, 0.29) is 6.54 Å². The summed E-state index contributed by atoms with van der Waals surface area (Å²) in [6.45, 7) is 0.693. The summed E-state index contributed by atoms with van der Waals surface area (Å²) in [5.41, 5.74) is 1.79. The van der Waals surface area contributed by atoms with E-state index in [9.17, 15) is 8.42 Å². The van der Waals surface area contributed by atoms with Crippen molar-refractivity contribution in [2.75, 3.05) is 0 Å². The Morgan fingerprint density at radius 1 is 1.00 bits per heavy atom. The van der Waals surface area contributed by atoms with Gasteiger partial charge in [-0.3, -0.25) is 0 Å². The van der Waals surface area contributed by atoms with Crippen LogP contribution in [-0.2, 0) is 23.3 Å². The molecule has 0 aliphatic rings. The maximum absolute atomic E-state index is 12.5. The third kappa shape index (κ3) is 5.25. The van der Waals surface area contributed by atoms with Crippen molar-refractivity contribution < 1.29 is 8.42 Å². The van der Waals surface area contributed by atoms with E-state index in [4.69, 9.17) is 0 Å². The molecule has 0 unspecified atom stereocenters. The minimum absolute atomic E-state index is 0.239. The molecule has 0 fully saturated rings. The van der Waals surface area contributed by atoms with Gasteiger partial charge >= 0.3 is 0 Å². The first-order valence-electron chi connectivity index (χ1n) is 7.94. The van der Waals surface area contributed by atoms with Crippen molar-refractivity contribution in [1.82, 2.24) is 19.0 Å². The fourth-order valence-corrected chi connectivity index (χ4v) is 3.53. The van der Waals surface area contributed by atoms with Crippen LogP contribution in [0.15, 0.2) is 79.4 Å². The van der Waals surface area contributed by atoms with Crippen LogP contribution in [-0.4, -0.2) is 18.0 Å². The lowest BCUT2D eigenvalue weighted by molar-refractivity contribution is 0.502. The van der Waals surface area contributed by atoms with Crippen molar-refractivity contribution in [2.24, 2.45) is 0 Å². The highest BCUT2D eigenvalue weighted by Crippen LogP contribution is 2.16. The Morgan fingerprint density at radius 3 is 2.32 bits per heavy atom. The molecule has 0 spiro atoms. The molecule has 0 saturated carbocycles. The molecular formula is C18H20N4O2S. The van der Waals surface area contributed by atoms with Crippen LogP contribution in [0.4, 0.5) is 0 Å². The molecule has 2 N–H and O–H groups in total. The summed E-state index contributed by atoms with van der Waals surface area (Å²) in [5, 5.41) is 0. The lowest BCUT2D eigenvalue weighted by Crippen LogP contribution is -2.39. The summed E-state index contributed by atoms with van der Waals surface area (Å²) in [6.07, 6.45) is 5.15. The van der Waals surface area contributed by atoms with Crippen LogP contribution in [0.2, 0.25) is 0 Å². The summed E-state index contributed by atoms with van der Waals surface area (Å²) in [4.78, 5) is 4.01.